The van der Waals surface area contributed by atoms with E-state index >= 15 is 0 Å². The van der Waals surface area contributed by atoms with E-state index < -0.39 is 0 Å². The summed E-state index contributed by atoms with van der Waals surface area (Å²) < 4.78 is 13.9. The van der Waals surface area contributed by atoms with Gasteiger partial charge in [0.2, 0.25) is 0 Å². The standard InChI is InChI=1S/C18H27FN2/c1-13-5-8-16(10-18(13)19)14(2)21(11-15-6-7-15)12-17-4-3-9-20-17/h5,8,10,14-15,17,20H,3-4,6-7,9,11-12H2,1-2H3. The van der Waals surface area contributed by atoms with Crippen molar-refractivity contribution in [1.82, 2.24) is 10.2 Å². The van der Waals surface area contributed by atoms with Gasteiger partial charge in [-0.3, -0.25) is 4.90 Å². The monoisotopic (exact) mass is 290 g/mol. The lowest BCUT2D eigenvalue weighted by Gasteiger charge is -2.32. The minimum atomic E-state index is -0.0790. The van der Waals surface area contributed by atoms with Gasteiger partial charge in [0.1, 0.15) is 5.82 Å². The second-order valence-electron chi connectivity index (χ2n) is 6.88. The smallest absolute Gasteiger partial charge is 0.126 e. The fourth-order valence-corrected chi connectivity index (χ4v) is 3.30. The molecular formula is C18H27FN2. The first-order valence-corrected chi connectivity index (χ1v) is 8.37. The summed E-state index contributed by atoms with van der Waals surface area (Å²) in [5, 5.41) is 3.59. The van der Waals surface area contributed by atoms with Crippen molar-refractivity contribution in [2.45, 2.75) is 51.6 Å². The lowest BCUT2D eigenvalue weighted by atomic mass is 10.0. The number of rotatable bonds is 6. The van der Waals surface area contributed by atoms with E-state index in [-0.39, 0.29) is 5.82 Å². The molecule has 21 heavy (non-hydrogen) atoms. The maximum Gasteiger partial charge on any atom is 0.126 e. The Hall–Kier alpha value is -0.930. The van der Waals surface area contributed by atoms with Crippen molar-refractivity contribution >= 4 is 0 Å². The summed E-state index contributed by atoms with van der Waals surface area (Å²) in [5.74, 6) is 0.786. The lowest BCUT2D eigenvalue weighted by molar-refractivity contribution is 0.184. The predicted octanol–water partition coefficient (Wildman–Crippen LogP) is 3.66. The van der Waals surface area contributed by atoms with Gasteiger partial charge in [-0.2, -0.15) is 0 Å². The molecule has 2 unspecified atom stereocenters. The van der Waals surface area contributed by atoms with Crippen LogP contribution in [0.1, 0.15) is 49.8 Å². The number of halogens is 1. The van der Waals surface area contributed by atoms with Crippen molar-refractivity contribution in [3.8, 4) is 0 Å². The highest BCUT2D eigenvalue weighted by molar-refractivity contribution is 5.25. The van der Waals surface area contributed by atoms with Gasteiger partial charge < -0.3 is 5.32 Å². The molecule has 2 aliphatic rings. The summed E-state index contributed by atoms with van der Waals surface area (Å²) in [5.41, 5.74) is 1.84. The van der Waals surface area contributed by atoms with Gasteiger partial charge in [-0.1, -0.05) is 12.1 Å². The summed E-state index contributed by atoms with van der Waals surface area (Å²) in [6.45, 7) is 7.45. The van der Waals surface area contributed by atoms with Gasteiger partial charge >= 0.3 is 0 Å². The topological polar surface area (TPSA) is 15.3 Å². The second-order valence-corrected chi connectivity index (χ2v) is 6.88. The van der Waals surface area contributed by atoms with Gasteiger partial charge in [0.25, 0.3) is 0 Å². The van der Waals surface area contributed by atoms with E-state index in [4.69, 9.17) is 0 Å². The van der Waals surface area contributed by atoms with Gasteiger partial charge in [-0.05, 0) is 69.2 Å². The molecule has 2 atom stereocenters. The third-order valence-electron chi connectivity index (χ3n) is 5.03. The molecule has 1 aromatic rings. The Kier molecular flexibility index (Phi) is 4.60. The molecule has 2 fully saturated rings. The molecular weight excluding hydrogens is 263 g/mol. The highest BCUT2D eigenvalue weighted by Gasteiger charge is 2.29. The first-order chi connectivity index (χ1) is 10.1. The third kappa shape index (κ3) is 3.83. The Morgan fingerprint density at radius 3 is 2.71 bits per heavy atom. The molecule has 116 valence electrons. The zero-order valence-corrected chi connectivity index (χ0v) is 13.2. The first kappa shape index (κ1) is 15.0. The van der Waals surface area contributed by atoms with Gasteiger partial charge in [0.05, 0.1) is 0 Å². The molecule has 1 N–H and O–H groups in total. The molecule has 1 aliphatic carbocycles. The van der Waals surface area contributed by atoms with Crippen LogP contribution >= 0.6 is 0 Å². The average Bonchev–Trinajstić information content (AvgIpc) is 3.14. The molecule has 0 spiro atoms. The summed E-state index contributed by atoms with van der Waals surface area (Å²) in [6.07, 6.45) is 5.29. The van der Waals surface area contributed by atoms with E-state index in [0.29, 0.717) is 12.1 Å². The van der Waals surface area contributed by atoms with Crippen molar-refractivity contribution in [2.75, 3.05) is 19.6 Å². The highest BCUT2D eigenvalue weighted by atomic mass is 19.1. The number of nitrogens with zero attached hydrogens (tertiary/aromatic N) is 1. The number of hydrogen-bond donors (Lipinski definition) is 1. The van der Waals surface area contributed by atoms with E-state index in [1.54, 1.807) is 6.07 Å². The van der Waals surface area contributed by atoms with Crippen LogP contribution in [0.3, 0.4) is 0 Å². The van der Waals surface area contributed by atoms with Crippen LogP contribution in [-0.2, 0) is 0 Å². The molecule has 0 aromatic heterocycles. The van der Waals surface area contributed by atoms with Crippen molar-refractivity contribution in [2.24, 2.45) is 5.92 Å². The molecule has 1 saturated carbocycles. The zero-order chi connectivity index (χ0) is 14.8. The van der Waals surface area contributed by atoms with Crippen molar-refractivity contribution in [3.63, 3.8) is 0 Å². The van der Waals surface area contributed by atoms with E-state index in [1.165, 1.54) is 25.7 Å². The van der Waals surface area contributed by atoms with Crippen molar-refractivity contribution < 1.29 is 4.39 Å². The van der Waals surface area contributed by atoms with Crippen LogP contribution < -0.4 is 5.32 Å². The van der Waals surface area contributed by atoms with Gasteiger partial charge in [-0.25, -0.2) is 4.39 Å². The molecule has 2 nitrogen and oxygen atoms in total. The molecule has 3 rings (SSSR count). The van der Waals surface area contributed by atoms with Crippen LogP contribution in [0.5, 0.6) is 0 Å². The third-order valence-corrected chi connectivity index (χ3v) is 5.03. The van der Waals surface area contributed by atoms with Crippen LogP contribution in [0.25, 0.3) is 0 Å². The molecule has 1 aromatic carbocycles. The van der Waals surface area contributed by atoms with Crippen molar-refractivity contribution in [3.05, 3.63) is 35.1 Å². The summed E-state index contributed by atoms with van der Waals surface area (Å²) in [7, 11) is 0. The summed E-state index contributed by atoms with van der Waals surface area (Å²) in [4.78, 5) is 2.56. The molecule has 3 heteroatoms. The van der Waals surface area contributed by atoms with Crippen LogP contribution in [0.2, 0.25) is 0 Å². The van der Waals surface area contributed by atoms with E-state index in [0.717, 1.165) is 36.7 Å². The maximum absolute atomic E-state index is 13.9. The average molecular weight is 290 g/mol. The normalized spacial score (nSPS) is 23.7. The first-order valence-electron chi connectivity index (χ1n) is 8.37. The minimum absolute atomic E-state index is 0.0790. The zero-order valence-electron chi connectivity index (χ0n) is 13.2. The van der Waals surface area contributed by atoms with Gasteiger partial charge in [0.15, 0.2) is 0 Å². The predicted molar refractivity (Wildman–Crippen MR) is 84.9 cm³/mol. The number of benzene rings is 1. The Bertz CT molecular complexity index is 478. The number of aryl methyl sites for hydroxylation is 1. The van der Waals surface area contributed by atoms with Crippen LogP contribution in [0.4, 0.5) is 4.39 Å². The largest absolute Gasteiger partial charge is 0.313 e. The quantitative estimate of drug-likeness (QED) is 0.860. The SMILES string of the molecule is Cc1ccc(C(C)N(CC2CC2)CC2CCCN2)cc1F. The van der Waals surface area contributed by atoms with Gasteiger partial charge in [0, 0.05) is 25.2 Å². The maximum atomic E-state index is 13.9. The fraction of sp³-hybridized carbons (Fsp3) is 0.667. The van der Waals surface area contributed by atoms with Crippen LogP contribution in [0.15, 0.2) is 18.2 Å². The van der Waals surface area contributed by atoms with E-state index in [2.05, 4.69) is 23.2 Å². The molecule has 0 bridgehead atoms. The Labute approximate surface area is 127 Å². The summed E-state index contributed by atoms with van der Waals surface area (Å²) >= 11 is 0. The fourth-order valence-electron chi connectivity index (χ4n) is 3.30. The minimum Gasteiger partial charge on any atom is -0.313 e. The Balaban J connectivity index is 1.71. The molecule has 1 aliphatic heterocycles. The Morgan fingerprint density at radius 1 is 1.29 bits per heavy atom. The molecule has 0 radical (unpaired) electrons. The van der Waals surface area contributed by atoms with Crippen LogP contribution in [0, 0.1) is 18.7 Å². The van der Waals surface area contributed by atoms with E-state index in [1.807, 2.05) is 13.0 Å². The number of nitrogens with one attached hydrogen (secondary N) is 1. The van der Waals surface area contributed by atoms with Crippen molar-refractivity contribution in [1.29, 1.82) is 0 Å². The van der Waals surface area contributed by atoms with Crippen LogP contribution in [-0.4, -0.2) is 30.6 Å². The molecule has 1 saturated heterocycles. The van der Waals surface area contributed by atoms with Gasteiger partial charge in [-0.15, -0.1) is 0 Å². The highest BCUT2D eigenvalue weighted by Crippen LogP contribution is 2.33. The van der Waals surface area contributed by atoms with E-state index in [9.17, 15) is 4.39 Å². The summed E-state index contributed by atoms with van der Waals surface area (Å²) in [6, 6.07) is 6.63. The lowest BCUT2D eigenvalue weighted by Crippen LogP contribution is -2.40. The number of hydrogen-bond acceptors (Lipinski definition) is 2. The molecule has 1 heterocycles. The molecule has 0 amide bonds. The second kappa shape index (κ2) is 6.45. The Morgan fingerprint density at radius 2 is 2.10 bits per heavy atom.